The first-order chi connectivity index (χ1) is 10.1. The first-order valence-electron chi connectivity index (χ1n) is 7.91. The van der Waals surface area contributed by atoms with Gasteiger partial charge >= 0.3 is 7.12 Å². The summed E-state index contributed by atoms with van der Waals surface area (Å²) >= 11 is 0. The molecule has 1 heterocycles. The molecule has 22 heavy (non-hydrogen) atoms. The molecule has 0 radical (unpaired) electrons. The smallest absolute Gasteiger partial charge is 0.403 e. The lowest BCUT2D eigenvalue weighted by Gasteiger charge is -2.71. The highest BCUT2D eigenvalue weighted by molar-refractivity contribution is 6.51. The van der Waals surface area contributed by atoms with Gasteiger partial charge in [-0.05, 0) is 64.0 Å². The predicted octanol–water partition coefficient (Wildman–Crippen LogP) is 4.23. The summed E-state index contributed by atoms with van der Waals surface area (Å²) in [4.78, 5) is 0. The average Bonchev–Trinajstić information content (AvgIpc) is 2.50. The van der Waals surface area contributed by atoms with Gasteiger partial charge in [0.2, 0.25) is 0 Å². The summed E-state index contributed by atoms with van der Waals surface area (Å²) in [6.07, 6.45) is 2.45. The van der Waals surface area contributed by atoms with Crippen molar-refractivity contribution >= 4 is 7.12 Å². The lowest BCUT2D eigenvalue weighted by atomic mass is 9.23. The Labute approximate surface area is 130 Å². The number of halogens is 2. The minimum absolute atomic E-state index is 0.0240. The third-order valence-electron chi connectivity index (χ3n) is 6.35. The van der Waals surface area contributed by atoms with Crippen LogP contribution >= 0.6 is 0 Å². The van der Waals surface area contributed by atoms with Crippen molar-refractivity contribution in [2.24, 2.45) is 0 Å². The van der Waals surface area contributed by atoms with Gasteiger partial charge in [-0.15, -0.1) is 0 Å². The van der Waals surface area contributed by atoms with Crippen LogP contribution in [0.1, 0.15) is 52.5 Å². The van der Waals surface area contributed by atoms with Crippen LogP contribution in [0.5, 0.6) is 0 Å². The minimum atomic E-state index is -0.757. The molecule has 4 fully saturated rings. The van der Waals surface area contributed by atoms with Gasteiger partial charge in [0.15, 0.2) is 11.6 Å². The zero-order chi connectivity index (χ0) is 16.0. The predicted molar refractivity (Wildman–Crippen MR) is 80.7 cm³/mol. The molecule has 5 heteroatoms. The molecule has 0 aromatic heterocycles. The van der Waals surface area contributed by atoms with Crippen LogP contribution < -0.4 is 0 Å². The van der Waals surface area contributed by atoms with Gasteiger partial charge in [0.05, 0.1) is 11.2 Å². The van der Waals surface area contributed by atoms with Gasteiger partial charge in [-0.1, -0.05) is 12.1 Å². The first kappa shape index (κ1) is 14.6. The SMILES string of the molecule is CC1(C)OB(C23CC(c4cccc(F)c4F)(C2)C3)OC1(C)C. The van der Waals surface area contributed by atoms with E-state index in [-0.39, 0.29) is 29.0 Å². The van der Waals surface area contributed by atoms with Crippen LogP contribution in [-0.4, -0.2) is 18.3 Å². The Kier molecular flexibility index (Phi) is 2.62. The van der Waals surface area contributed by atoms with Gasteiger partial charge in [-0.2, -0.15) is 0 Å². The van der Waals surface area contributed by atoms with Crippen molar-refractivity contribution in [1.29, 1.82) is 0 Å². The van der Waals surface area contributed by atoms with Crippen LogP contribution in [0.25, 0.3) is 0 Å². The van der Waals surface area contributed by atoms with Crippen LogP contribution in [-0.2, 0) is 14.7 Å². The summed E-state index contributed by atoms with van der Waals surface area (Å²) < 4.78 is 39.8. The number of rotatable bonds is 2. The highest BCUT2D eigenvalue weighted by atomic mass is 19.2. The lowest BCUT2D eigenvalue weighted by Crippen LogP contribution is -2.66. The van der Waals surface area contributed by atoms with Gasteiger partial charge in [0.25, 0.3) is 0 Å². The maximum atomic E-state index is 14.1. The molecule has 2 nitrogen and oxygen atoms in total. The average molecular weight is 306 g/mol. The van der Waals surface area contributed by atoms with Crippen molar-refractivity contribution in [3.63, 3.8) is 0 Å². The Balaban J connectivity index is 1.54. The standard InChI is InChI=1S/C17H21BF2O2/c1-14(2)15(3,4)22-18(21-14)17-8-16(9-17,10-17)11-6-5-7-12(19)13(11)20/h5-7H,8-10H2,1-4H3. The third kappa shape index (κ3) is 1.62. The van der Waals surface area contributed by atoms with Crippen molar-refractivity contribution in [2.75, 3.05) is 0 Å². The molecule has 3 aliphatic carbocycles. The molecular formula is C17H21BF2O2. The molecule has 3 saturated carbocycles. The number of hydrogen-bond donors (Lipinski definition) is 0. The van der Waals surface area contributed by atoms with Crippen LogP contribution in [0.4, 0.5) is 8.78 Å². The molecule has 2 bridgehead atoms. The molecule has 1 aromatic rings. The second-order valence-electron chi connectivity index (χ2n) is 8.36. The number of benzene rings is 1. The maximum Gasteiger partial charge on any atom is 0.464 e. The highest BCUT2D eigenvalue weighted by Crippen LogP contribution is 2.81. The topological polar surface area (TPSA) is 18.5 Å². The van der Waals surface area contributed by atoms with Crippen molar-refractivity contribution in [3.05, 3.63) is 35.4 Å². The molecule has 1 aromatic carbocycles. The molecule has 0 amide bonds. The second kappa shape index (κ2) is 3.93. The van der Waals surface area contributed by atoms with Crippen molar-refractivity contribution in [1.82, 2.24) is 0 Å². The Morgan fingerprint density at radius 1 is 0.955 bits per heavy atom. The summed E-state index contributed by atoms with van der Waals surface area (Å²) in [6.45, 7) is 8.17. The van der Waals surface area contributed by atoms with E-state index in [4.69, 9.17) is 9.31 Å². The van der Waals surface area contributed by atoms with Crippen molar-refractivity contribution < 1.29 is 18.1 Å². The Morgan fingerprint density at radius 2 is 1.50 bits per heavy atom. The zero-order valence-electron chi connectivity index (χ0n) is 13.5. The molecular weight excluding hydrogens is 285 g/mol. The Hall–Kier alpha value is -0.935. The summed E-state index contributed by atoms with van der Waals surface area (Å²) in [7, 11) is -0.240. The van der Waals surface area contributed by atoms with Crippen LogP contribution in [0.15, 0.2) is 18.2 Å². The van der Waals surface area contributed by atoms with E-state index in [1.165, 1.54) is 6.07 Å². The van der Waals surface area contributed by atoms with E-state index in [0.717, 1.165) is 19.3 Å². The largest absolute Gasteiger partial charge is 0.464 e. The van der Waals surface area contributed by atoms with E-state index in [2.05, 4.69) is 0 Å². The minimum Gasteiger partial charge on any atom is -0.403 e. The normalized spacial score (nSPS) is 37.6. The van der Waals surface area contributed by atoms with Crippen molar-refractivity contribution in [2.45, 2.75) is 68.9 Å². The summed E-state index contributed by atoms with van der Waals surface area (Å²) in [5, 5.41) is -0.0240. The molecule has 0 spiro atoms. The molecule has 0 atom stereocenters. The van der Waals surface area contributed by atoms with Gasteiger partial charge in [0.1, 0.15) is 0 Å². The second-order valence-corrected chi connectivity index (χ2v) is 8.36. The molecule has 5 rings (SSSR count). The van der Waals surface area contributed by atoms with Crippen LogP contribution in [0.2, 0.25) is 5.31 Å². The van der Waals surface area contributed by atoms with Gasteiger partial charge < -0.3 is 9.31 Å². The van der Waals surface area contributed by atoms with Gasteiger partial charge in [-0.3, -0.25) is 0 Å². The van der Waals surface area contributed by atoms with E-state index < -0.39 is 11.6 Å². The van der Waals surface area contributed by atoms with Crippen LogP contribution in [0.3, 0.4) is 0 Å². The van der Waals surface area contributed by atoms with E-state index in [1.54, 1.807) is 12.1 Å². The third-order valence-corrected chi connectivity index (χ3v) is 6.35. The van der Waals surface area contributed by atoms with E-state index >= 15 is 0 Å². The van der Waals surface area contributed by atoms with E-state index in [9.17, 15) is 8.78 Å². The summed E-state index contributed by atoms with van der Waals surface area (Å²) in [5.41, 5.74) is -0.379. The fourth-order valence-corrected chi connectivity index (χ4v) is 4.41. The van der Waals surface area contributed by atoms with E-state index in [1.807, 2.05) is 27.7 Å². The highest BCUT2D eigenvalue weighted by Gasteiger charge is 2.77. The summed E-state index contributed by atoms with van der Waals surface area (Å²) in [5.74, 6) is -1.45. The molecule has 4 aliphatic rings. The molecule has 0 unspecified atom stereocenters. The van der Waals surface area contributed by atoms with E-state index in [0.29, 0.717) is 5.56 Å². The molecule has 1 aliphatic heterocycles. The molecule has 1 saturated heterocycles. The maximum absolute atomic E-state index is 14.1. The summed E-state index contributed by atoms with van der Waals surface area (Å²) in [6, 6.07) is 4.48. The van der Waals surface area contributed by atoms with Gasteiger partial charge in [-0.25, -0.2) is 8.78 Å². The Morgan fingerprint density at radius 3 is 2.05 bits per heavy atom. The lowest BCUT2D eigenvalue weighted by molar-refractivity contribution is -0.0410. The Bertz CT molecular complexity index is 620. The fourth-order valence-electron chi connectivity index (χ4n) is 4.41. The van der Waals surface area contributed by atoms with Gasteiger partial charge in [0, 0.05) is 5.31 Å². The molecule has 0 N–H and O–H groups in total. The fraction of sp³-hybridized carbons (Fsp3) is 0.647. The zero-order valence-corrected chi connectivity index (χ0v) is 13.5. The molecule has 118 valence electrons. The van der Waals surface area contributed by atoms with Crippen LogP contribution in [0, 0.1) is 11.6 Å². The first-order valence-corrected chi connectivity index (χ1v) is 7.91. The quantitative estimate of drug-likeness (QED) is 0.761. The number of hydrogen-bond acceptors (Lipinski definition) is 2. The monoisotopic (exact) mass is 306 g/mol. The van der Waals surface area contributed by atoms with Crippen molar-refractivity contribution in [3.8, 4) is 0 Å².